The molecule has 10 unspecified atom stereocenters. The third kappa shape index (κ3) is 8.39. The number of carbonyl (C=O) groups is 2. The molecule has 224 valence electrons. The zero-order valence-corrected chi connectivity index (χ0v) is 20.9. The fourth-order valence-electron chi connectivity index (χ4n) is 4.47. The van der Waals surface area contributed by atoms with Crippen molar-refractivity contribution in [3.05, 3.63) is 35.9 Å². The number of hydrogen-bond donors (Lipinski definition) is 6. The van der Waals surface area contributed by atoms with Gasteiger partial charge in [0.05, 0.1) is 6.61 Å². The molecule has 3 rings (SSSR count). The molecule has 0 aliphatic carbocycles. The van der Waals surface area contributed by atoms with Gasteiger partial charge >= 0.3 is 0 Å². The summed E-state index contributed by atoms with van der Waals surface area (Å²) in [7, 11) is 2.57. The maximum Gasteiger partial charge on any atom is 0.252 e. The van der Waals surface area contributed by atoms with E-state index in [-0.39, 0.29) is 21.4 Å². The molecule has 2 aliphatic heterocycles. The molecule has 2 amide bonds. The molecular weight excluding hydrogens is 516 g/mol. The van der Waals surface area contributed by atoms with Crippen LogP contribution >= 0.6 is 0 Å². The van der Waals surface area contributed by atoms with Crippen LogP contribution in [0.25, 0.3) is 0 Å². The fraction of sp³-hybridized carbons (Fsp3) is 0.692. The van der Waals surface area contributed by atoms with Gasteiger partial charge in [-0.05, 0) is 12.0 Å². The van der Waals surface area contributed by atoms with Crippen LogP contribution in [-0.2, 0) is 39.7 Å². The van der Waals surface area contributed by atoms with Gasteiger partial charge in [-0.2, -0.15) is 0 Å². The second-order valence-corrected chi connectivity index (χ2v) is 8.91. The molecule has 0 aromatic heterocycles. The number of ether oxygens (including phenoxy) is 5. The number of hydrogen-bond acceptors (Lipinski definition) is 11. The third-order valence-corrected chi connectivity index (χ3v) is 6.38. The first-order valence-corrected chi connectivity index (χ1v) is 12.0. The summed E-state index contributed by atoms with van der Waals surface area (Å²) in [5.74, 6) is -1.09. The smallest absolute Gasteiger partial charge is 0.252 e. The zero-order chi connectivity index (χ0) is 27.1. The molecule has 10 atom stereocenters. The number of rotatable bonds is 10. The molecule has 1 aromatic rings. The Balaban J connectivity index is 0.00000380. The second kappa shape index (κ2) is 16.2. The van der Waals surface area contributed by atoms with Gasteiger partial charge in [-0.3, -0.25) is 9.59 Å². The average molecular weight is 561 g/mol. The number of benzene rings is 1. The zero-order valence-electron chi connectivity index (χ0n) is 20.9. The van der Waals surface area contributed by atoms with Crippen LogP contribution in [0.3, 0.4) is 0 Å². The van der Waals surface area contributed by atoms with Crippen LogP contribution in [0.1, 0.15) is 27.3 Å². The van der Waals surface area contributed by atoms with Crippen molar-refractivity contribution < 1.29 is 53.7 Å². The largest absolute Gasteiger partial charge is 0.394 e. The van der Waals surface area contributed by atoms with Crippen LogP contribution < -0.4 is 10.6 Å². The first kappa shape index (κ1) is 34.8. The van der Waals surface area contributed by atoms with Crippen molar-refractivity contribution >= 4 is 11.8 Å². The highest BCUT2D eigenvalue weighted by atomic mass is 16.7. The first-order valence-electron chi connectivity index (χ1n) is 12.0. The average Bonchev–Trinajstić information content (AvgIpc) is 2.89. The van der Waals surface area contributed by atoms with Crippen LogP contribution in [0.4, 0.5) is 0 Å². The SMILES string of the molecule is C.C.COC1OC(CO)C(O)C(OC2OC(C(=O)NCCc3ccccc3)C(OC)C(O)C2O)C1NC(C)=O. The van der Waals surface area contributed by atoms with Crippen molar-refractivity contribution in [2.75, 3.05) is 27.4 Å². The molecule has 0 spiro atoms. The Morgan fingerprint density at radius 3 is 2.15 bits per heavy atom. The summed E-state index contributed by atoms with van der Waals surface area (Å²) in [6.07, 6.45) is -12.0. The van der Waals surface area contributed by atoms with Crippen molar-refractivity contribution in [2.24, 2.45) is 0 Å². The summed E-state index contributed by atoms with van der Waals surface area (Å²) in [5, 5.41) is 47.1. The van der Waals surface area contributed by atoms with Crippen molar-refractivity contribution in [1.82, 2.24) is 10.6 Å². The van der Waals surface area contributed by atoms with Crippen molar-refractivity contribution in [3.8, 4) is 0 Å². The van der Waals surface area contributed by atoms with Gasteiger partial charge in [-0.1, -0.05) is 45.2 Å². The monoisotopic (exact) mass is 560 g/mol. The van der Waals surface area contributed by atoms with E-state index in [1.165, 1.54) is 21.1 Å². The maximum absolute atomic E-state index is 13.0. The summed E-state index contributed by atoms with van der Waals surface area (Å²) in [5.41, 5.74) is 1.01. The van der Waals surface area contributed by atoms with Gasteiger partial charge in [0.2, 0.25) is 5.91 Å². The van der Waals surface area contributed by atoms with Crippen molar-refractivity contribution in [1.29, 1.82) is 0 Å². The lowest BCUT2D eigenvalue weighted by molar-refractivity contribution is -0.338. The molecule has 2 aliphatic rings. The highest BCUT2D eigenvalue weighted by Gasteiger charge is 2.53. The number of amides is 2. The van der Waals surface area contributed by atoms with Crippen LogP contribution in [0.15, 0.2) is 30.3 Å². The minimum atomic E-state index is -1.68. The number of aliphatic hydroxyl groups excluding tert-OH is 4. The fourth-order valence-corrected chi connectivity index (χ4v) is 4.47. The first-order chi connectivity index (χ1) is 17.7. The molecule has 13 nitrogen and oxygen atoms in total. The van der Waals surface area contributed by atoms with Crippen LogP contribution in [0.2, 0.25) is 0 Å². The van der Waals surface area contributed by atoms with E-state index in [0.717, 1.165) is 5.56 Å². The molecule has 0 radical (unpaired) electrons. The minimum absolute atomic E-state index is 0. The lowest BCUT2D eigenvalue weighted by Crippen LogP contribution is -2.68. The Hall–Kier alpha value is -2.20. The highest BCUT2D eigenvalue weighted by Crippen LogP contribution is 2.30. The van der Waals surface area contributed by atoms with Crippen molar-refractivity contribution in [3.63, 3.8) is 0 Å². The predicted molar refractivity (Wildman–Crippen MR) is 139 cm³/mol. The van der Waals surface area contributed by atoms with Crippen LogP contribution in [-0.4, -0.2) is 121 Å². The van der Waals surface area contributed by atoms with Gasteiger partial charge in [0.25, 0.3) is 5.91 Å². The molecule has 13 heteroatoms. The van der Waals surface area contributed by atoms with Gasteiger partial charge < -0.3 is 54.7 Å². The molecule has 0 bridgehead atoms. The van der Waals surface area contributed by atoms with Crippen LogP contribution in [0.5, 0.6) is 0 Å². The number of methoxy groups -OCH3 is 2. The Labute approximate surface area is 229 Å². The summed E-state index contributed by atoms with van der Waals surface area (Å²) in [4.78, 5) is 24.8. The van der Waals surface area contributed by atoms with Gasteiger partial charge in [-0.25, -0.2) is 0 Å². The van der Waals surface area contributed by atoms with Gasteiger partial charge in [0, 0.05) is 27.7 Å². The quantitative estimate of drug-likeness (QED) is 0.200. The van der Waals surface area contributed by atoms with Crippen molar-refractivity contribution in [2.45, 2.75) is 89.5 Å². The highest BCUT2D eigenvalue weighted by molar-refractivity contribution is 5.81. The summed E-state index contributed by atoms with van der Waals surface area (Å²) >= 11 is 0. The second-order valence-electron chi connectivity index (χ2n) is 8.91. The van der Waals surface area contributed by atoms with Gasteiger partial charge in [0.1, 0.15) is 42.7 Å². The van der Waals surface area contributed by atoms with E-state index < -0.39 is 79.8 Å². The van der Waals surface area contributed by atoms with Gasteiger partial charge in [0.15, 0.2) is 18.7 Å². The lowest BCUT2D eigenvalue weighted by Gasteiger charge is -2.47. The number of aliphatic hydroxyl groups is 4. The normalized spacial score (nSPS) is 34.2. The van der Waals surface area contributed by atoms with E-state index >= 15 is 0 Å². The van der Waals surface area contributed by atoms with E-state index in [1.54, 1.807) is 0 Å². The molecule has 39 heavy (non-hydrogen) atoms. The Kier molecular flexibility index (Phi) is 14.4. The molecule has 2 saturated heterocycles. The van der Waals surface area contributed by atoms with Crippen LogP contribution in [0, 0.1) is 0 Å². The lowest BCUT2D eigenvalue weighted by atomic mass is 9.95. The molecule has 2 fully saturated rings. The molecule has 2 heterocycles. The Morgan fingerprint density at radius 2 is 1.59 bits per heavy atom. The number of nitrogens with one attached hydrogen (secondary N) is 2. The Bertz CT molecular complexity index is 877. The third-order valence-electron chi connectivity index (χ3n) is 6.38. The summed E-state index contributed by atoms with van der Waals surface area (Å²) in [6.45, 7) is 0.922. The molecule has 1 aromatic carbocycles. The van der Waals surface area contributed by atoms with E-state index in [9.17, 15) is 30.0 Å². The Morgan fingerprint density at radius 1 is 0.923 bits per heavy atom. The standard InChI is InChI=1S/C24H36N2O11.2CH4/c1-12(28)26-15-19(16(29)14(11-27)35-23(15)34-3)36-24-18(31)17(30)20(33-2)21(37-24)22(32)25-10-9-13-7-5-4-6-8-13;;/h4-8,14-21,23-24,27,29-31H,9-11H2,1-3H3,(H,25,32)(H,26,28);2*1H4. The van der Waals surface area contributed by atoms with E-state index in [0.29, 0.717) is 6.42 Å². The molecular formula is C26H44N2O11. The van der Waals surface area contributed by atoms with Gasteiger partial charge in [-0.15, -0.1) is 0 Å². The minimum Gasteiger partial charge on any atom is -0.394 e. The maximum atomic E-state index is 13.0. The van der Waals surface area contributed by atoms with E-state index in [1.807, 2.05) is 30.3 Å². The number of carbonyl (C=O) groups excluding carboxylic acids is 2. The molecule has 0 saturated carbocycles. The summed E-state index contributed by atoms with van der Waals surface area (Å²) in [6, 6.07) is 8.42. The van der Waals surface area contributed by atoms with E-state index in [2.05, 4.69) is 10.6 Å². The summed E-state index contributed by atoms with van der Waals surface area (Å²) < 4.78 is 27.6. The van der Waals surface area contributed by atoms with E-state index in [4.69, 9.17) is 23.7 Å². The molecule has 6 N–H and O–H groups in total. The predicted octanol–water partition coefficient (Wildman–Crippen LogP) is -1.31. The topological polar surface area (TPSA) is 185 Å².